The topological polar surface area (TPSA) is 83.0 Å². The van der Waals surface area contributed by atoms with Crippen LogP contribution in [0.25, 0.3) is 0 Å². The number of aromatic nitrogens is 3. The quantitative estimate of drug-likeness (QED) is 0.836. The number of carbonyl (C=O) groups is 1. The minimum absolute atomic E-state index is 0.0266. The monoisotopic (exact) mass is 294 g/mol. The van der Waals surface area contributed by atoms with Crippen molar-refractivity contribution in [1.82, 2.24) is 15.0 Å². The summed E-state index contributed by atoms with van der Waals surface area (Å²) < 4.78 is 7.21. The average Bonchev–Trinajstić information content (AvgIpc) is 2.85. The maximum atomic E-state index is 12.1. The van der Waals surface area contributed by atoms with Gasteiger partial charge in [-0.05, 0) is 30.6 Å². The maximum absolute atomic E-state index is 12.1. The van der Waals surface area contributed by atoms with Crippen molar-refractivity contribution in [1.29, 1.82) is 0 Å². The fourth-order valence-corrected chi connectivity index (χ4v) is 3.10. The van der Waals surface area contributed by atoms with Crippen LogP contribution in [0.1, 0.15) is 45.7 Å². The fraction of sp³-hybridized carbons (Fsp3) is 0.800. The molecule has 0 radical (unpaired) electrons. The first-order chi connectivity index (χ1) is 9.99. The Kier molecular flexibility index (Phi) is 5.33. The number of nitrogens with two attached hydrogens (primary N) is 1. The van der Waals surface area contributed by atoms with Crippen molar-refractivity contribution in [3.63, 3.8) is 0 Å². The molecule has 21 heavy (non-hydrogen) atoms. The first-order valence-corrected chi connectivity index (χ1v) is 7.78. The summed E-state index contributed by atoms with van der Waals surface area (Å²) in [7, 11) is 0. The Labute approximate surface area is 126 Å². The van der Waals surface area contributed by atoms with Crippen LogP contribution >= 0.6 is 0 Å². The highest BCUT2D eigenvalue weighted by Gasteiger charge is 2.33. The molecule has 0 aromatic carbocycles. The van der Waals surface area contributed by atoms with Gasteiger partial charge in [-0.1, -0.05) is 32.4 Å². The third-order valence-electron chi connectivity index (χ3n) is 4.33. The number of hydrogen-bond donors (Lipinski definition) is 1. The second-order valence-electron chi connectivity index (χ2n) is 6.47. The van der Waals surface area contributed by atoms with E-state index in [1.54, 1.807) is 6.20 Å². The number of esters is 1. The van der Waals surface area contributed by atoms with Crippen LogP contribution in [-0.4, -0.2) is 27.1 Å². The minimum Gasteiger partial charge on any atom is -0.461 e. The first-order valence-electron chi connectivity index (χ1n) is 7.78. The number of rotatable bonds is 5. The molecule has 1 aromatic heterocycles. The third kappa shape index (κ3) is 4.27. The SMILES string of the molecule is CC1CCC(C(C)C)C(OC(=O)Cn2cc(CN)nn2)C1. The Morgan fingerprint density at radius 1 is 1.52 bits per heavy atom. The first kappa shape index (κ1) is 15.9. The molecule has 0 saturated heterocycles. The molecule has 1 aromatic rings. The molecule has 3 unspecified atom stereocenters. The summed E-state index contributed by atoms with van der Waals surface area (Å²) in [6.45, 7) is 7.05. The number of carbonyl (C=O) groups excluding carboxylic acids is 1. The number of nitrogens with zero attached hydrogens (tertiary/aromatic N) is 3. The molecule has 1 saturated carbocycles. The highest BCUT2D eigenvalue weighted by Crippen LogP contribution is 2.35. The molecule has 3 atom stereocenters. The van der Waals surface area contributed by atoms with Gasteiger partial charge >= 0.3 is 5.97 Å². The van der Waals surface area contributed by atoms with E-state index < -0.39 is 0 Å². The highest BCUT2D eigenvalue weighted by molar-refractivity contribution is 5.69. The molecule has 0 amide bonds. The zero-order valence-electron chi connectivity index (χ0n) is 13.2. The van der Waals surface area contributed by atoms with E-state index in [1.807, 2.05) is 0 Å². The third-order valence-corrected chi connectivity index (χ3v) is 4.33. The molecular formula is C15H26N4O2. The molecular weight excluding hydrogens is 268 g/mol. The minimum atomic E-state index is -0.242. The zero-order valence-corrected chi connectivity index (χ0v) is 13.2. The fourth-order valence-electron chi connectivity index (χ4n) is 3.10. The smallest absolute Gasteiger partial charge is 0.328 e. The summed E-state index contributed by atoms with van der Waals surface area (Å²) in [4.78, 5) is 12.1. The van der Waals surface area contributed by atoms with Gasteiger partial charge in [0.05, 0.1) is 11.9 Å². The maximum Gasteiger partial charge on any atom is 0.328 e. The molecule has 6 heteroatoms. The van der Waals surface area contributed by atoms with Crippen LogP contribution in [0.4, 0.5) is 0 Å². The van der Waals surface area contributed by atoms with E-state index in [-0.39, 0.29) is 18.6 Å². The lowest BCUT2D eigenvalue weighted by molar-refractivity contribution is -0.156. The van der Waals surface area contributed by atoms with Crippen molar-refractivity contribution in [3.8, 4) is 0 Å². The average molecular weight is 294 g/mol. The molecule has 1 fully saturated rings. The van der Waals surface area contributed by atoms with Crippen LogP contribution < -0.4 is 5.73 Å². The van der Waals surface area contributed by atoms with Crippen molar-refractivity contribution in [3.05, 3.63) is 11.9 Å². The summed E-state index contributed by atoms with van der Waals surface area (Å²) >= 11 is 0. The van der Waals surface area contributed by atoms with E-state index in [0.29, 0.717) is 30.0 Å². The van der Waals surface area contributed by atoms with Gasteiger partial charge in [0.25, 0.3) is 0 Å². The lowest BCUT2D eigenvalue weighted by atomic mass is 9.75. The lowest BCUT2D eigenvalue weighted by Crippen LogP contribution is -2.36. The second kappa shape index (κ2) is 7.02. The number of hydrogen-bond acceptors (Lipinski definition) is 5. The molecule has 2 rings (SSSR count). The van der Waals surface area contributed by atoms with Crippen molar-refractivity contribution in [2.24, 2.45) is 23.5 Å². The van der Waals surface area contributed by atoms with E-state index in [4.69, 9.17) is 10.5 Å². The molecule has 2 N–H and O–H groups in total. The Morgan fingerprint density at radius 3 is 2.90 bits per heavy atom. The van der Waals surface area contributed by atoms with Crippen molar-refractivity contribution >= 4 is 5.97 Å². The van der Waals surface area contributed by atoms with Crippen LogP contribution in [-0.2, 0) is 22.6 Å². The Bertz CT molecular complexity index is 472. The molecule has 0 spiro atoms. The molecule has 0 bridgehead atoms. The van der Waals surface area contributed by atoms with Gasteiger partial charge in [0.15, 0.2) is 0 Å². The summed E-state index contributed by atoms with van der Waals surface area (Å²) in [6.07, 6.45) is 5.03. The van der Waals surface area contributed by atoms with Crippen LogP contribution in [0.2, 0.25) is 0 Å². The number of ether oxygens (including phenoxy) is 1. The van der Waals surface area contributed by atoms with E-state index >= 15 is 0 Å². The van der Waals surface area contributed by atoms with Crippen LogP contribution in [0.15, 0.2) is 6.20 Å². The lowest BCUT2D eigenvalue weighted by Gasteiger charge is -2.36. The molecule has 1 heterocycles. The summed E-state index contributed by atoms with van der Waals surface area (Å²) in [5.74, 6) is 1.37. The summed E-state index contributed by atoms with van der Waals surface area (Å²) in [5.41, 5.74) is 6.15. The van der Waals surface area contributed by atoms with Gasteiger partial charge < -0.3 is 10.5 Å². The van der Waals surface area contributed by atoms with Crippen LogP contribution in [0.5, 0.6) is 0 Å². The normalized spacial score (nSPS) is 26.0. The molecule has 118 valence electrons. The van der Waals surface area contributed by atoms with Gasteiger partial charge in [0.1, 0.15) is 12.6 Å². The van der Waals surface area contributed by atoms with Gasteiger partial charge in [-0.3, -0.25) is 4.79 Å². The van der Waals surface area contributed by atoms with Gasteiger partial charge in [-0.25, -0.2) is 4.68 Å². The molecule has 0 aliphatic heterocycles. The molecule has 1 aliphatic carbocycles. The molecule has 1 aliphatic rings. The van der Waals surface area contributed by atoms with E-state index in [0.717, 1.165) is 12.8 Å². The van der Waals surface area contributed by atoms with Crippen LogP contribution in [0, 0.1) is 17.8 Å². The Balaban J connectivity index is 1.93. The van der Waals surface area contributed by atoms with Gasteiger partial charge in [0.2, 0.25) is 0 Å². The van der Waals surface area contributed by atoms with Crippen LogP contribution in [0.3, 0.4) is 0 Å². The van der Waals surface area contributed by atoms with E-state index in [9.17, 15) is 4.79 Å². The van der Waals surface area contributed by atoms with Gasteiger partial charge in [-0.15, -0.1) is 5.10 Å². The Morgan fingerprint density at radius 2 is 2.29 bits per heavy atom. The van der Waals surface area contributed by atoms with Crippen molar-refractivity contribution < 1.29 is 9.53 Å². The standard InChI is InChI=1S/C15H26N4O2/c1-10(2)13-5-4-11(3)6-14(13)21-15(20)9-19-8-12(7-16)17-18-19/h8,10-11,13-14H,4-7,9,16H2,1-3H3. The predicted octanol–water partition coefficient (Wildman–Crippen LogP) is 1.74. The van der Waals surface area contributed by atoms with Crippen molar-refractivity contribution in [2.75, 3.05) is 0 Å². The largest absolute Gasteiger partial charge is 0.461 e. The summed E-state index contributed by atoms with van der Waals surface area (Å²) in [6, 6.07) is 0. The van der Waals surface area contributed by atoms with E-state index in [1.165, 1.54) is 11.1 Å². The highest BCUT2D eigenvalue weighted by atomic mass is 16.5. The predicted molar refractivity (Wildman–Crippen MR) is 79.1 cm³/mol. The van der Waals surface area contributed by atoms with Gasteiger partial charge in [0, 0.05) is 6.54 Å². The molecule has 6 nitrogen and oxygen atoms in total. The second-order valence-corrected chi connectivity index (χ2v) is 6.47. The summed E-state index contributed by atoms with van der Waals surface area (Å²) in [5, 5.41) is 7.74. The zero-order chi connectivity index (χ0) is 15.4. The van der Waals surface area contributed by atoms with Gasteiger partial charge in [-0.2, -0.15) is 0 Å². The Hall–Kier alpha value is -1.43. The van der Waals surface area contributed by atoms with Crippen molar-refractivity contribution in [2.45, 2.75) is 59.2 Å². The van der Waals surface area contributed by atoms with E-state index in [2.05, 4.69) is 31.1 Å².